The zero-order chi connectivity index (χ0) is 34.5. The number of methoxy groups -OCH3 is 2. The first-order valence-corrected chi connectivity index (χ1v) is 17.6. The number of phenolic OH excluding ortho intramolecular Hbond substituents is 2. The molecule has 2 fully saturated rings. The molecule has 3 aliphatic carbocycles. The van der Waals surface area contributed by atoms with E-state index in [2.05, 4.69) is 24.3 Å². The zero-order valence-electron chi connectivity index (χ0n) is 28.7. The first-order chi connectivity index (χ1) is 23.7. The van der Waals surface area contributed by atoms with Gasteiger partial charge in [0.1, 0.15) is 12.2 Å². The van der Waals surface area contributed by atoms with Gasteiger partial charge in [0.25, 0.3) is 0 Å². The molecule has 8 heteroatoms. The smallest absolute Gasteiger partial charge is 0.309 e. The Bertz CT molecular complexity index is 1660. The van der Waals surface area contributed by atoms with Crippen molar-refractivity contribution in [3.63, 3.8) is 0 Å². The molecule has 3 aromatic rings. The number of rotatable bonds is 8. The van der Waals surface area contributed by atoms with E-state index in [9.17, 15) is 19.8 Å². The van der Waals surface area contributed by atoms with Crippen LogP contribution in [0.1, 0.15) is 86.5 Å². The first-order valence-electron chi connectivity index (χ1n) is 17.6. The van der Waals surface area contributed by atoms with Crippen LogP contribution in [0.2, 0.25) is 0 Å². The maximum absolute atomic E-state index is 13.6. The lowest BCUT2D eigenvalue weighted by molar-refractivity contribution is -0.165. The summed E-state index contributed by atoms with van der Waals surface area (Å²) in [7, 11) is 3.07. The quantitative estimate of drug-likeness (QED) is 0.233. The van der Waals surface area contributed by atoms with Gasteiger partial charge in [-0.2, -0.15) is 0 Å². The molecular weight excluding hydrogens is 620 g/mol. The maximum atomic E-state index is 13.6. The number of benzene rings is 3. The standard InChI is InChI=1S/C41H48O8/c1-26(42)48-37-23-33(49-40(45)28-12-8-5-9-13-28)18-31(29-14-15-35(43)38(21-29)46-2)24-41(17-16-27-10-6-4-7-11-27)25-32-20-36(44)39(47-3)22-30(32)19-34(37)41/h4,6-7,10-11,14-17,20-22,28,31,33-34,37,43-44H,5,8-9,12-13,18-19,23-25H2,1-3H3/t31-,33+,34+,37+,41+/m1/s1. The summed E-state index contributed by atoms with van der Waals surface area (Å²) in [6, 6.07) is 19.3. The van der Waals surface area contributed by atoms with Crippen LogP contribution in [0.25, 0.3) is 6.08 Å². The molecule has 49 heavy (non-hydrogen) atoms. The molecule has 0 aliphatic heterocycles. The van der Waals surface area contributed by atoms with E-state index in [-0.39, 0.29) is 41.2 Å². The Kier molecular flexibility index (Phi) is 10.5. The van der Waals surface area contributed by atoms with Crippen LogP contribution in [0.4, 0.5) is 0 Å². The normalized spacial score (nSPS) is 25.7. The molecule has 3 aromatic carbocycles. The molecule has 0 amide bonds. The van der Waals surface area contributed by atoms with Gasteiger partial charge in [-0.05, 0) is 96.4 Å². The summed E-state index contributed by atoms with van der Waals surface area (Å²) in [5.41, 5.74) is 3.52. The third-order valence-electron chi connectivity index (χ3n) is 10.9. The fraction of sp³-hybridized carbons (Fsp3) is 0.463. The van der Waals surface area contributed by atoms with Gasteiger partial charge >= 0.3 is 11.9 Å². The Labute approximate surface area is 289 Å². The van der Waals surface area contributed by atoms with Gasteiger partial charge in [0, 0.05) is 19.3 Å². The Morgan fingerprint density at radius 3 is 2.29 bits per heavy atom. The van der Waals surface area contributed by atoms with Crippen molar-refractivity contribution in [1.29, 1.82) is 0 Å². The summed E-state index contributed by atoms with van der Waals surface area (Å²) < 4.78 is 23.6. The van der Waals surface area contributed by atoms with Crippen molar-refractivity contribution in [1.82, 2.24) is 0 Å². The Balaban J connectivity index is 1.49. The Morgan fingerprint density at radius 2 is 1.57 bits per heavy atom. The molecule has 0 heterocycles. The van der Waals surface area contributed by atoms with Crippen molar-refractivity contribution in [3.8, 4) is 23.0 Å². The van der Waals surface area contributed by atoms with Crippen molar-refractivity contribution < 1.29 is 38.7 Å². The van der Waals surface area contributed by atoms with Gasteiger partial charge in [0.15, 0.2) is 23.0 Å². The second-order valence-corrected chi connectivity index (χ2v) is 14.1. The van der Waals surface area contributed by atoms with Crippen molar-refractivity contribution in [2.75, 3.05) is 14.2 Å². The topological polar surface area (TPSA) is 112 Å². The predicted molar refractivity (Wildman–Crippen MR) is 187 cm³/mol. The largest absolute Gasteiger partial charge is 0.504 e. The van der Waals surface area contributed by atoms with Crippen LogP contribution >= 0.6 is 0 Å². The summed E-state index contributed by atoms with van der Waals surface area (Å²) in [5, 5.41) is 21.4. The molecule has 2 N–H and O–H groups in total. The van der Waals surface area contributed by atoms with E-state index < -0.39 is 17.6 Å². The van der Waals surface area contributed by atoms with Crippen LogP contribution in [0.15, 0.2) is 66.7 Å². The Hall–Kier alpha value is -4.46. The van der Waals surface area contributed by atoms with E-state index in [0.29, 0.717) is 43.6 Å². The van der Waals surface area contributed by atoms with Gasteiger partial charge in [0.2, 0.25) is 0 Å². The molecule has 0 bridgehead atoms. The number of esters is 2. The number of phenols is 2. The second kappa shape index (κ2) is 15.0. The molecule has 0 spiro atoms. The summed E-state index contributed by atoms with van der Waals surface area (Å²) in [6.07, 6.45) is 10.9. The van der Waals surface area contributed by atoms with E-state index in [1.807, 2.05) is 36.4 Å². The summed E-state index contributed by atoms with van der Waals surface area (Å²) in [4.78, 5) is 26.4. The number of allylic oxidation sites excluding steroid dienone is 1. The first kappa shape index (κ1) is 34.4. The number of carbonyl (C=O) groups excluding carboxylic acids is 2. The molecule has 6 rings (SSSR count). The van der Waals surface area contributed by atoms with Gasteiger partial charge < -0.3 is 29.2 Å². The van der Waals surface area contributed by atoms with Crippen LogP contribution in [-0.2, 0) is 31.9 Å². The molecule has 0 aromatic heterocycles. The van der Waals surface area contributed by atoms with Crippen LogP contribution < -0.4 is 9.47 Å². The summed E-state index contributed by atoms with van der Waals surface area (Å²) in [6.45, 7) is 1.44. The molecule has 3 aliphatic rings. The predicted octanol–water partition coefficient (Wildman–Crippen LogP) is 7.92. The lowest BCUT2D eigenvalue weighted by Gasteiger charge is -2.50. The Morgan fingerprint density at radius 1 is 0.837 bits per heavy atom. The monoisotopic (exact) mass is 668 g/mol. The maximum Gasteiger partial charge on any atom is 0.309 e. The third kappa shape index (κ3) is 7.74. The molecular formula is C41H48O8. The molecule has 0 radical (unpaired) electrons. The van der Waals surface area contributed by atoms with E-state index in [0.717, 1.165) is 54.4 Å². The van der Waals surface area contributed by atoms with E-state index in [1.54, 1.807) is 12.1 Å². The minimum Gasteiger partial charge on any atom is -0.504 e. The fourth-order valence-electron chi connectivity index (χ4n) is 8.52. The average molecular weight is 669 g/mol. The highest BCUT2D eigenvalue weighted by Gasteiger charge is 2.50. The van der Waals surface area contributed by atoms with Crippen LogP contribution in [0.3, 0.4) is 0 Å². The van der Waals surface area contributed by atoms with Gasteiger partial charge in [-0.25, -0.2) is 0 Å². The lowest BCUT2D eigenvalue weighted by atomic mass is 9.56. The third-order valence-corrected chi connectivity index (χ3v) is 10.9. The van der Waals surface area contributed by atoms with Crippen LogP contribution in [-0.4, -0.2) is 48.6 Å². The van der Waals surface area contributed by atoms with Crippen molar-refractivity contribution >= 4 is 18.0 Å². The van der Waals surface area contributed by atoms with Gasteiger partial charge in [0.05, 0.1) is 20.1 Å². The lowest BCUT2D eigenvalue weighted by Crippen LogP contribution is -2.49. The molecule has 2 saturated carbocycles. The zero-order valence-corrected chi connectivity index (χ0v) is 28.7. The average Bonchev–Trinajstić information content (AvgIpc) is 3.10. The molecule has 260 valence electrons. The van der Waals surface area contributed by atoms with Crippen LogP contribution in [0.5, 0.6) is 23.0 Å². The number of ether oxygens (including phenoxy) is 4. The highest BCUT2D eigenvalue weighted by atomic mass is 16.6. The number of carbonyl (C=O) groups is 2. The van der Waals surface area contributed by atoms with Gasteiger partial charge in [-0.15, -0.1) is 0 Å². The fourth-order valence-corrected chi connectivity index (χ4v) is 8.52. The summed E-state index contributed by atoms with van der Waals surface area (Å²) in [5.74, 6) is -0.0363. The number of fused-ring (bicyclic) bond motifs is 2. The number of hydrogen-bond acceptors (Lipinski definition) is 8. The number of hydrogen-bond donors (Lipinski definition) is 2. The van der Waals surface area contributed by atoms with Crippen molar-refractivity contribution in [3.05, 3.63) is 89.0 Å². The van der Waals surface area contributed by atoms with Gasteiger partial charge in [-0.1, -0.05) is 67.8 Å². The van der Waals surface area contributed by atoms with Crippen molar-refractivity contribution in [2.45, 2.75) is 89.3 Å². The van der Waals surface area contributed by atoms with E-state index in [4.69, 9.17) is 18.9 Å². The molecule has 5 atom stereocenters. The molecule has 0 saturated heterocycles. The SMILES string of the molecule is COc1cc([C@@H]2C[C@H](OC(=O)C3CCCCC3)C[C@H](OC(C)=O)[C@@H]3Cc4cc(OC)c(O)cc4C[C@]3(C=Cc3ccccc3)C2)ccc1O. The molecule has 0 unspecified atom stereocenters. The van der Waals surface area contributed by atoms with Crippen LogP contribution in [0, 0.1) is 17.3 Å². The van der Waals surface area contributed by atoms with Crippen molar-refractivity contribution in [2.24, 2.45) is 17.3 Å². The number of aromatic hydroxyl groups is 2. The second-order valence-electron chi connectivity index (χ2n) is 14.1. The summed E-state index contributed by atoms with van der Waals surface area (Å²) >= 11 is 0. The van der Waals surface area contributed by atoms with Gasteiger partial charge in [-0.3, -0.25) is 9.59 Å². The van der Waals surface area contributed by atoms with E-state index in [1.165, 1.54) is 21.1 Å². The highest BCUT2D eigenvalue weighted by Crippen LogP contribution is 2.54. The minimum atomic E-state index is -0.537. The van der Waals surface area contributed by atoms with E-state index >= 15 is 0 Å². The highest BCUT2D eigenvalue weighted by molar-refractivity contribution is 5.72. The minimum absolute atomic E-state index is 0.0554. The molecule has 8 nitrogen and oxygen atoms in total.